The standard InChI is InChI=1S/C32H18N2O2/c1-3-15-33-25(5-1)19-7-9-23-29(17-19)35-27-13-11-22-21(31(23)27)12-14-28-32(22)24-10-8-20(18-30(24)36-28)26-6-2-4-16-34-26/h1-18H. The number of rotatable bonds is 2. The number of aromatic nitrogens is 2. The predicted octanol–water partition coefficient (Wildman–Crippen LogP) is 8.76. The Morgan fingerprint density at radius 3 is 1.33 bits per heavy atom. The summed E-state index contributed by atoms with van der Waals surface area (Å²) in [5.74, 6) is 0. The highest BCUT2D eigenvalue weighted by Crippen LogP contribution is 2.41. The second-order valence-electron chi connectivity index (χ2n) is 9.03. The van der Waals surface area contributed by atoms with Gasteiger partial charge < -0.3 is 8.83 Å². The molecule has 0 saturated heterocycles. The third-order valence-electron chi connectivity index (χ3n) is 6.99. The molecule has 0 bridgehead atoms. The van der Waals surface area contributed by atoms with Crippen LogP contribution in [0.4, 0.5) is 0 Å². The molecule has 36 heavy (non-hydrogen) atoms. The smallest absolute Gasteiger partial charge is 0.136 e. The molecule has 0 atom stereocenters. The second kappa shape index (κ2) is 7.27. The maximum Gasteiger partial charge on any atom is 0.136 e. The zero-order valence-electron chi connectivity index (χ0n) is 19.1. The van der Waals surface area contributed by atoms with Crippen molar-refractivity contribution in [1.29, 1.82) is 0 Å². The molecule has 4 nitrogen and oxygen atoms in total. The Kier molecular flexibility index (Phi) is 3.91. The van der Waals surface area contributed by atoms with E-state index in [9.17, 15) is 0 Å². The Bertz CT molecular complexity index is 1940. The Morgan fingerprint density at radius 1 is 0.417 bits per heavy atom. The van der Waals surface area contributed by atoms with Gasteiger partial charge in [-0.15, -0.1) is 0 Å². The zero-order valence-corrected chi connectivity index (χ0v) is 19.1. The van der Waals surface area contributed by atoms with E-state index in [0.29, 0.717) is 0 Å². The Labute approximate surface area is 205 Å². The largest absolute Gasteiger partial charge is 0.456 e. The molecule has 0 unspecified atom stereocenters. The van der Waals surface area contributed by atoms with Crippen LogP contribution in [0.3, 0.4) is 0 Å². The first-order valence-electron chi connectivity index (χ1n) is 11.9. The van der Waals surface area contributed by atoms with Gasteiger partial charge in [0.2, 0.25) is 0 Å². The van der Waals surface area contributed by atoms with Gasteiger partial charge in [0.15, 0.2) is 0 Å². The highest BCUT2D eigenvalue weighted by Gasteiger charge is 2.16. The lowest BCUT2D eigenvalue weighted by molar-refractivity contribution is 0.668. The molecule has 0 radical (unpaired) electrons. The van der Waals surface area contributed by atoms with Crippen molar-refractivity contribution < 1.29 is 8.83 Å². The number of fused-ring (bicyclic) bond motifs is 9. The number of furan rings is 2. The number of hydrogen-bond donors (Lipinski definition) is 0. The van der Waals surface area contributed by atoms with Crippen molar-refractivity contribution in [3.63, 3.8) is 0 Å². The maximum absolute atomic E-state index is 6.31. The van der Waals surface area contributed by atoms with Gasteiger partial charge in [0.05, 0.1) is 11.4 Å². The lowest BCUT2D eigenvalue weighted by atomic mass is 9.98. The monoisotopic (exact) mass is 462 g/mol. The van der Waals surface area contributed by atoms with Crippen LogP contribution in [-0.4, -0.2) is 9.97 Å². The molecule has 4 aromatic heterocycles. The molecule has 0 amide bonds. The van der Waals surface area contributed by atoms with Crippen LogP contribution in [-0.2, 0) is 0 Å². The van der Waals surface area contributed by atoms with E-state index >= 15 is 0 Å². The Balaban J connectivity index is 1.37. The Hall–Kier alpha value is -4.96. The summed E-state index contributed by atoms with van der Waals surface area (Å²) in [5.41, 5.74) is 7.41. The van der Waals surface area contributed by atoms with E-state index in [0.717, 1.165) is 77.2 Å². The highest BCUT2D eigenvalue weighted by atomic mass is 16.3. The summed E-state index contributed by atoms with van der Waals surface area (Å²) in [7, 11) is 0. The molecule has 0 aliphatic heterocycles. The first-order chi connectivity index (χ1) is 17.8. The first kappa shape index (κ1) is 19.4. The quantitative estimate of drug-likeness (QED) is 0.258. The molecule has 168 valence electrons. The fourth-order valence-corrected chi connectivity index (χ4v) is 5.34. The molecular formula is C32H18N2O2. The first-order valence-corrected chi connectivity index (χ1v) is 11.9. The number of nitrogens with zero attached hydrogens (tertiary/aromatic N) is 2. The Morgan fingerprint density at radius 2 is 0.889 bits per heavy atom. The van der Waals surface area contributed by atoms with Crippen molar-refractivity contribution >= 4 is 54.6 Å². The van der Waals surface area contributed by atoms with E-state index in [2.05, 4.69) is 70.6 Å². The van der Waals surface area contributed by atoms with E-state index < -0.39 is 0 Å². The van der Waals surface area contributed by atoms with Gasteiger partial charge >= 0.3 is 0 Å². The summed E-state index contributed by atoms with van der Waals surface area (Å²) < 4.78 is 12.6. The summed E-state index contributed by atoms with van der Waals surface area (Å²) in [5, 5.41) is 6.74. The maximum atomic E-state index is 6.31. The van der Waals surface area contributed by atoms with Gasteiger partial charge in [0.25, 0.3) is 0 Å². The van der Waals surface area contributed by atoms with Crippen LogP contribution in [0.15, 0.2) is 118 Å². The van der Waals surface area contributed by atoms with Gasteiger partial charge in [-0.3, -0.25) is 9.97 Å². The van der Waals surface area contributed by atoms with Crippen molar-refractivity contribution in [3.8, 4) is 22.5 Å². The minimum absolute atomic E-state index is 0.859. The molecule has 8 aromatic rings. The molecule has 0 saturated carbocycles. The van der Waals surface area contributed by atoms with Crippen LogP contribution in [0.2, 0.25) is 0 Å². The van der Waals surface area contributed by atoms with Gasteiger partial charge in [-0.05, 0) is 83.6 Å². The minimum Gasteiger partial charge on any atom is -0.456 e. The molecule has 0 aliphatic carbocycles. The second-order valence-corrected chi connectivity index (χ2v) is 9.03. The normalized spacial score (nSPS) is 11.9. The SMILES string of the molecule is c1ccc(-c2ccc3c(c2)oc2ccc4c(ccc5oc6cc(-c7ccccn7)ccc6c54)c23)nc1. The third kappa shape index (κ3) is 2.75. The van der Waals surface area contributed by atoms with Gasteiger partial charge in [-0.1, -0.05) is 24.3 Å². The van der Waals surface area contributed by atoms with Gasteiger partial charge in [0.1, 0.15) is 22.3 Å². The van der Waals surface area contributed by atoms with Crippen molar-refractivity contribution in [3.05, 3.63) is 109 Å². The van der Waals surface area contributed by atoms with Gasteiger partial charge in [-0.25, -0.2) is 0 Å². The molecule has 4 heteroatoms. The highest BCUT2D eigenvalue weighted by molar-refractivity contribution is 6.27. The summed E-state index contributed by atoms with van der Waals surface area (Å²) in [6.07, 6.45) is 3.62. The van der Waals surface area contributed by atoms with Crippen molar-refractivity contribution in [1.82, 2.24) is 9.97 Å². The molecule has 0 spiro atoms. The molecule has 4 heterocycles. The van der Waals surface area contributed by atoms with E-state index in [1.165, 1.54) is 0 Å². The average Bonchev–Trinajstić information content (AvgIpc) is 3.51. The zero-order chi connectivity index (χ0) is 23.6. The van der Waals surface area contributed by atoms with E-state index in [1.54, 1.807) is 0 Å². The van der Waals surface area contributed by atoms with Crippen LogP contribution >= 0.6 is 0 Å². The number of pyridine rings is 2. The van der Waals surface area contributed by atoms with Gasteiger partial charge in [0, 0.05) is 45.1 Å². The predicted molar refractivity (Wildman–Crippen MR) is 145 cm³/mol. The number of hydrogen-bond acceptors (Lipinski definition) is 4. The van der Waals surface area contributed by atoms with E-state index in [-0.39, 0.29) is 0 Å². The van der Waals surface area contributed by atoms with Crippen molar-refractivity contribution in [2.24, 2.45) is 0 Å². The van der Waals surface area contributed by atoms with Gasteiger partial charge in [-0.2, -0.15) is 0 Å². The van der Waals surface area contributed by atoms with Crippen molar-refractivity contribution in [2.75, 3.05) is 0 Å². The summed E-state index contributed by atoms with van der Waals surface area (Å²) >= 11 is 0. The fourth-order valence-electron chi connectivity index (χ4n) is 5.34. The van der Waals surface area contributed by atoms with E-state index in [4.69, 9.17) is 8.83 Å². The number of benzene rings is 4. The molecule has 8 rings (SSSR count). The average molecular weight is 463 g/mol. The fraction of sp³-hybridized carbons (Fsp3) is 0. The summed E-state index contributed by atoms with van der Waals surface area (Å²) in [6.45, 7) is 0. The topological polar surface area (TPSA) is 52.1 Å². The van der Waals surface area contributed by atoms with Crippen LogP contribution in [0, 0.1) is 0 Å². The summed E-state index contributed by atoms with van der Waals surface area (Å²) in [4.78, 5) is 8.97. The lowest BCUT2D eigenvalue weighted by Gasteiger charge is -2.03. The molecule has 4 aromatic carbocycles. The minimum atomic E-state index is 0.859. The molecule has 0 N–H and O–H groups in total. The summed E-state index contributed by atoms with van der Waals surface area (Å²) in [6, 6.07) is 33.0. The molecular weight excluding hydrogens is 444 g/mol. The lowest BCUT2D eigenvalue weighted by Crippen LogP contribution is -1.81. The van der Waals surface area contributed by atoms with Crippen LogP contribution in [0.1, 0.15) is 0 Å². The molecule has 0 aliphatic rings. The van der Waals surface area contributed by atoms with Crippen LogP contribution < -0.4 is 0 Å². The molecule has 0 fully saturated rings. The third-order valence-corrected chi connectivity index (χ3v) is 6.99. The van der Waals surface area contributed by atoms with Crippen molar-refractivity contribution in [2.45, 2.75) is 0 Å². The van der Waals surface area contributed by atoms with Crippen LogP contribution in [0.25, 0.3) is 77.2 Å². The van der Waals surface area contributed by atoms with Crippen LogP contribution in [0.5, 0.6) is 0 Å². The van der Waals surface area contributed by atoms with E-state index in [1.807, 2.05) is 48.8 Å².